The smallest absolute Gasteiger partial charge is 0.337 e. The first-order valence-corrected chi connectivity index (χ1v) is 9.99. The van der Waals surface area contributed by atoms with Gasteiger partial charge in [0.15, 0.2) is 0 Å². The van der Waals surface area contributed by atoms with Crippen LogP contribution in [0, 0.1) is 0 Å². The second-order valence-corrected chi connectivity index (χ2v) is 6.89. The van der Waals surface area contributed by atoms with Crippen LogP contribution >= 0.6 is 0 Å². The molecule has 4 aromatic rings. The van der Waals surface area contributed by atoms with E-state index in [1.807, 2.05) is 90.4 Å². The zero-order valence-corrected chi connectivity index (χ0v) is 17.1. The summed E-state index contributed by atoms with van der Waals surface area (Å²) in [7, 11) is 0. The standard InChI is InChI=1S/C25H22N2O4/c1-2-30-26-23(17-27-16-22(25(28)29)21-13-6-7-14-24(21)27)18-9-8-12-20(15-18)31-19-10-4-3-5-11-19/h3-16H,2,17H2,1H3,(H,28,29)/b26-23+. The summed E-state index contributed by atoms with van der Waals surface area (Å²) in [5.41, 5.74) is 2.57. The van der Waals surface area contributed by atoms with E-state index < -0.39 is 5.97 Å². The predicted molar refractivity (Wildman–Crippen MR) is 120 cm³/mol. The minimum absolute atomic E-state index is 0.257. The number of carbonyl (C=O) groups is 1. The number of oxime groups is 1. The molecular weight excluding hydrogens is 392 g/mol. The summed E-state index contributed by atoms with van der Waals surface area (Å²) in [5.74, 6) is 0.457. The van der Waals surface area contributed by atoms with Crippen molar-refractivity contribution >= 4 is 22.6 Å². The third kappa shape index (κ3) is 4.59. The summed E-state index contributed by atoms with van der Waals surface area (Å²) in [6.45, 7) is 2.64. The SMILES string of the molecule is CCO/N=C(\Cn1cc(C(=O)O)c2ccccc21)c1cccc(Oc2ccccc2)c1. The molecule has 1 heterocycles. The van der Waals surface area contributed by atoms with Crippen LogP contribution in [0.25, 0.3) is 10.9 Å². The zero-order chi connectivity index (χ0) is 21.6. The van der Waals surface area contributed by atoms with Gasteiger partial charge in [0.25, 0.3) is 0 Å². The van der Waals surface area contributed by atoms with Gasteiger partial charge in [0.1, 0.15) is 23.8 Å². The normalized spacial score (nSPS) is 11.5. The third-order valence-corrected chi connectivity index (χ3v) is 4.79. The molecule has 0 aliphatic heterocycles. The topological polar surface area (TPSA) is 73.1 Å². The Hall–Kier alpha value is -4.06. The number of benzene rings is 3. The fourth-order valence-electron chi connectivity index (χ4n) is 3.39. The number of ether oxygens (including phenoxy) is 1. The lowest BCUT2D eigenvalue weighted by molar-refractivity contribution is 0.0699. The van der Waals surface area contributed by atoms with Crippen molar-refractivity contribution in [1.82, 2.24) is 4.57 Å². The van der Waals surface area contributed by atoms with Gasteiger partial charge in [-0.05, 0) is 37.3 Å². The summed E-state index contributed by atoms with van der Waals surface area (Å²) in [6.07, 6.45) is 1.64. The van der Waals surface area contributed by atoms with Gasteiger partial charge in [-0.25, -0.2) is 4.79 Å². The van der Waals surface area contributed by atoms with Crippen LogP contribution in [-0.2, 0) is 11.4 Å². The molecule has 31 heavy (non-hydrogen) atoms. The van der Waals surface area contributed by atoms with Gasteiger partial charge < -0.3 is 19.2 Å². The Bertz CT molecular complexity index is 1230. The van der Waals surface area contributed by atoms with Crippen LogP contribution in [0.2, 0.25) is 0 Å². The first-order chi connectivity index (χ1) is 15.2. The van der Waals surface area contributed by atoms with Crippen LogP contribution in [0.15, 0.2) is 90.2 Å². The molecular formula is C25H22N2O4. The number of aromatic carboxylic acids is 1. The average molecular weight is 414 g/mol. The van der Waals surface area contributed by atoms with Gasteiger partial charge in [-0.15, -0.1) is 0 Å². The molecule has 0 spiro atoms. The lowest BCUT2D eigenvalue weighted by atomic mass is 10.1. The van der Waals surface area contributed by atoms with Crippen LogP contribution in [0.3, 0.4) is 0 Å². The Balaban J connectivity index is 1.69. The van der Waals surface area contributed by atoms with Crippen LogP contribution in [0.4, 0.5) is 0 Å². The molecule has 0 saturated heterocycles. The van der Waals surface area contributed by atoms with Gasteiger partial charge in [0, 0.05) is 22.7 Å². The highest BCUT2D eigenvalue weighted by atomic mass is 16.6. The van der Waals surface area contributed by atoms with E-state index in [1.165, 1.54) is 0 Å². The van der Waals surface area contributed by atoms with Crippen molar-refractivity contribution in [2.75, 3.05) is 6.61 Å². The van der Waals surface area contributed by atoms with Crippen molar-refractivity contribution in [1.29, 1.82) is 0 Å². The van der Waals surface area contributed by atoms with E-state index in [-0.39, 0.29) is 5.56 Å². The van der Waals surface area contributed by atoms with Crippen molar-refractivity contribution in [3.63, 3.8) is 0 Å². The summed E-state index contributed by atoms with van der Waals surface area (Å²) >= 11 is 0. The molecule has 0 aliphatic carbocycles. The van der Waals surface area contributed by atoms with Gasteiger partial charge in [-0.2, -0.15) is 0 Å². The molecule has 0 unspecified atom stereocenters. The van der Waals surface area contributed by atoms with Crippen LogP contribution in [0.5, 0.6) is 11.5 Å². The molecule has 0 aliphatic rings. The van der Waals surface area contributed by atoms with Crippen LogP contribution in [-0.4, -0.2) is 28.0 Å². The second kappa shape index (κ2) is 9.17. The molecule has 0 radical (unpaired) electrons. The van der Waals surface area contributed by atoms with Crippen molar-refractivity contribution in [2.45, 2.75) is 13.5 Å². The number of para-hydroxylation sites is 2. The molecule has 6 heteroatoms. The lowest BCUT2D eigenvalue weighted by Gasteiger charge is -2.11. The number of fused-ring (bicyclic) bond motifs is 1. The maximum atomic E-state index is 11.7. The highest BCUT2D eigenvalue weighted by Crippen LogP contribution is 2.25. The van der Waals surface area contributed by atoms with Crippen molar-refractivity contribution in [3.05, 3.63) is 96.2 Å². The molecule has 1 N–H and O–H groups in total. The first-order valence-electron chi connectivity index (χ1n) is 9.99. The maximum Gasteiger partial charge on any atom is 0.337 e. The molecule has 6 nitrogen and oxygen atoms in total. The van der Waals surface area contributed by atoms with Crippen LogP contribution in [0.1, 0.15) is 22.8 Å². The van der Waals surface area contributed by atoms with Gasteiger partial charge >= 0.3 is 5.97 Å². The van der Waals surface area contributed by atoms with Crippen molar-refractivity contribution in [3.8, 4) is 11.5 Å². The Kier molecular flexibility index (Phi) is 5.98. The molecule has 0 atom stereocenters. The summed E-state index contributed by atoms with van der Waals surface area (Å²) < 4.78 is 7.83. The quantitative estimate of drug-likeness (QED) is 0.302. The lowest BCUT2D eigenvalue weighted by Crippen LogP contribution is -2.12. The molecule has 0 amide bonds. The number of hydrogen-bond acceptors (Lipinski definition) is 4. The number of aromatic nitrogens is 1. The summed E-state index contributed by atoms with van der Waals surface area (Å²) in [6, 6.07) is 24.6. The van der Waals surface area contributed by atoms with Crippen molar-refractivity contribution in [2.24, 2.45) is 5.16 Å². The number of rotatable bonds is 8. The Labute approximate surface area is 180 Å². The van der Waals surface area contributed by atoms with Gasteiger partial charge in [-0.1, -0.05) is 53.7 Å². The van der Waals surface area contributed by atoms with E-state index in [4.69, 9.17) is 9.57 Å². The zero-order valence-electron chi connectivity index (χ0n) is 17.1. The monoisotopic (exact) mass is 414 g/mol. The van der Waals surface area contributed by atoms with E-state index in [0.717, 1.165) is 16.8 Å². The molecule has 1 aromatic heterocycles. The van der Waals surface area contributed by atoms with Gasteiger partial charge in [0.05, 0.1) is 12.1 Å². The molecule has 0 saturated carbocycles. The predicted octanol–water partition coefficient (Wildman–Crippen LogP) is 5.57. The van der Waals surface area contributed by atoms with Gasteiger partial charge in [-0.3, -0.25) is 0 Å². The minimum atomic E-state index is -0.962. The highest BCUT2D eigenvalue weighted by molar-refractivity contribution is 6.05. The fourth-order valence-corrected chi connectivity index (χ4v) is 3.39. The number of hydrogen-bond donors (Lipinski definition) is 1. The van der Waals surface area contributed by atoms with E-state index in [2.05, 4.69) is 5.16 Å². The Morgan fingerprint density at radius 3 is 2.48 bits per heavy atom. The average Bonchev–Trinajstić information content (AvgIpc) is 3.16. The van der Waals surface area contributed by atoms with Gasteiger partial charge in [0.2, 0.25) is 0 Å². The number of carboxylic acid groups (broad SMARTS) is 1. The minimum Gasteiger partial charge on any atom is -0.478 e. The molecule has 0 bridgehead atoms. The van der Waals surface area contributed by atoms with E-state index in [9.17, 15) is 9.90 Å². The fraction of sp³-hybridized carbons (Fsp3) is 0.120. The molecule has 0 fully saturated rings. The first kappa shape index (κ1) is 20.2. The molecule has 4 rings (SSSR count). The molecule has 3 aromatic carbocycles. The Morgan fingerprint density at radius 2 is 1.71 bits per heavy atom. The Morgan fingerprint density at radius 1 is 0.968 bits per heavy atom. The maximum absolute atomic E-state index is 11.7. The molecule has 156 valence electrons. The number of nitrogens with zero attached hydrogens (tertiary/aromatic N) is 2. The van der Waals surface area contributed by atoms with E-state index >= 15 is 0 Å². The summed E-state index contributed by atoms with van der Waals surface area (Å²) in [4.78, 5) is 17.1. The van der Waals surface area contributed by atoms with Crippen LogP contribution < -0.4 is 4.74 Å². The van der Waals surface area contributed by atoms with Crippen molar-refractivity contribution < 1.29 is 19.5 Å². The summed E-state index contributed by atoms with van der Waals surface area (Å²) in [5, 5.41) is 14.6. The second-order valence-electron chi connectivity index (χ2n) is 6.89. The van der Waals surface area contributed by atoms with E-state index in [1.54, 1.807) is 6.20 Å². The highest BCUT2D eigenvalue weighted by Gasteiger charge is 2.16. The third-order valence-electron chi connectivity index (χ3n) is 4.79. The largest absolute Gasteiger partial charge is 0.478 e. The number of carboxylic acids is 1. The van der Waals surface area contributed by atoms with E-state index in [0.29, 0.717) is 30.0 Å².